The molecule has 92 valence electrons. The molecule has 2 atom stereocenters. The van der Waals surface area contributed by atoms with E-state index in [2.05, 4.69) is 36.3 Å². The van der Waals surface area contributed by atoms with Gasteiger partial charge in [0.2, 0.25) is 0 Å². The summed E-state index contributed by atoms with van der Waals surface area (Å²) < 4.78 is 0. The maximum atomic E-state index is 5.08. The second-order valence-electron chi connectivity index (χ2n) is 6.15. The first-order valence-corrected chi connectivity index (χ1v) is 6.63. The summed E-state index contributed by atoms with van der Waals surface area (Å²) in [5, 5.41) is 7.23. The van der Waals surface area contributed by atoms with Crippen LogP contribution in [0.4, 0.5) is 0 Å². The SMILES string of the molecule is C[C@@H]1C[C@H](N2CNC(=S)NC2)CC(C)(C)C1. The Hall–Kier alpha value is -0.350. The standard InChI is InChI=1S/C12H23N3S/c1-9-4-10(6-12(2,3)5-9)15-7-13-11(16)14-8-15/h9-10H,4-8H2,1-3H3,(H2,13,14,16)/t9-,10+/m1/s1. The van der Waals surface area contributed by atoms with Gasteiger partial charge in [0.15, 0.2) is 5.11 Å². The van der Waals surface area contributed by atoms with Crippen LogP contribution in [-0.4, -0.2) is 29.4 Å². The van der Waals surface area contributed by atoms with Crippen molar-refractivity contribution in [3.05, 3.63) is 0 Å². The van der Waals surface area contributed by atoms with Crippen molar-refractivity contribution in [2.24, 2.45) is 11.3 Å². The van der Waals surface area contributed by atoms with Gasteiger partial charge < -0.3 is 10.6 Å². The third-order valence-corrected chi connectivity index (χ3v) is 4.05. The Kier molecular flexibility index (Phi) is 3.40. The molecular formula is C12H23N3S. The van der Waals surface area contributed by atoms with Crippen molar-refractivity contribution in [2.75, 3.05) is 13.3 Å². The largest absolute Gasteiger partial charge is 0.350 e. The maximum Gasteiger partial charge on any atom is 0.168 e. The van der Waals surface area contributed by atoms with Crippen molar-refractivity contribution in [1.82, 2.24) is 15.5 Å². The Bertz CT molecular complexity index is 267. The van der Waals surface area contributed by atoms with Crippen LogP contribution in [0.3, 0.4) is 0 Å². The predicted molar refractivity (Wildman–Crippen MR) is 71.0 cm³/mol. The van der Waals surface area contributed by atoms with E-state index in [9.17, 15) is 0 Å². The number of hydrogen-bond acceptors (Lipinski definition) is 2. The lowest BCUT2D eigenvalue weighted by molar-refractivity contribution is 0.0579. The third-order valence-electron chi connectivity index (χ3n) is 3.77. The van der Waals surface area contributed by atoms with Gasteiger partial charge in [0, 0.05) is 6.04 Å². The van der Waals surface area contributed by atoms with E-state index < -0.39 is 0 Å². The van der Waals surface area contributed by atoms with Gasteiger partial charge in [-0.2, -0.15) is 0 Å². The van der Waals surface area contributed by atoms with Crippen molar-refractivity contribution in [1.29, 1.82) is 0 Å². The van der Waals surface area contributed by atoms with Crippen LogP contribution in [0.1, 0.15) is 40.0 Å². The van der Waals surface area contributed by atoms with Crippen molar-refractivity contribution < 1.29 is 0 Å². The van der Waals surface area contributed by atoms with E-state index in [-0.39, 0.29) is 0 Å². The second-order valence-corrected chi connectivity index (χ2v) is 6.56. The van der Waals surface area contributed by atoms with Gasteiger partial charge in [-0.1, -0.05) is 20.8 Å². The first-order valence-electron chi connectivity index (χ1n) is 6.22. The zero-order valence-corrected chi connectivity index (χ0v) is 11.4. The normalized spacial score (nSPS) is 35.3. The fourth-order valence-electron chi connectivity index (χ4n) is 3.30. The number of hydrogen-bond donors (Lipinski definition) is 2. The van der Waals surface area contributed by atoms with Crippen LogP contribution < -0.4 is 10.6 Å². The molecule has 0 spiro atoms. The Morgan fingerprint density at radius 2 is 1.88 bits per heavy atom. The molecule has 1 saturated carbocycles. The zero-order valence-electron chi connectivity index (χ0n) is 10.5. The molecule has 3 nitrogen and oxygen atoms in total. The maximum absolute atomic E-state index is 5.08. The highest BCUT2D eigenvalue weighted by Gasteiger charge is 2.35. The highest BCUT2D eigenvalue weighted by Crippen LogP contribution is 2.40. The fourth-order valence-corrected chi connectivity index (χ4v) is 3.43. The summed E-state index contributed by atoms with van der Waals surface area (Å²) in [5.74, 6) is 0.836. The van der Waals surface area contributed by atoms with Crippen molar-refractivity contribution in [3.8, 4) is 0 Å². The molecule has 0 unspecified atom stereocenters. The number of rotatable bonds is 1. The smallest absolute Gasteiger partial charge is 0.168 e. The van der Waals surface area contributed by atoms with Crippen molar-refractivity contribution in [2.45, 2.75) is 46.1 Å². The summed E-state index contributed by atoms with van der Waals surface area (Å²) in [5.41, 5.74) is 0.486. The summed E-state index contributed by atoms with van der Waals surface area (Å²) in [6, 6.07) is 0.696. The monoisotopic (exact) mass is 241 g/mol. The Morgan fingerprint density at radius 3 is 2.44 bits per heavy atom. The van der Waals surface area contributed by atoms with Gasteiger partial charge in [0.05, 0.1) is 13.3 Å². The van der Waals surface area contributed by atoms with Gasteiger partial charge in [-0.3, -0.25) is 4.90 Å². The van der Waals surface area contributed by atoms with Gasteiger partial charge in [0.25, 0.3) is 0 Å². The number of nitrogens with zero attached hydrogens (tertiary/aromatic N) is 1. The van der Waals surface area contributed by atoms with Crippen LogP contribution in [0.25, 0.3) is 0 Å². The first kappa shape index (κ1) is 12.1. The van der Waals surface area contributed by atoms with Crippen LogP contribution in [0.2, 0.25) is 0 Å². The van der Waals surface area contributed by atoms with E-state index in [0.29, 0.717) is 11.5 Å². The van der Waals surface area contributed by atoms with E-state index in [1.807, 2.05) is 0 Å². The molecule has 1 aliphatic carbocycles. The lowest BCUT2D eigenvalue weighted by Gasteiger charge is -2.45. The van der Waals surface area contributed by atoms with Crippen molar-refractivity contribution in [3.63, 3.8) is 0 Å². The molecule has 1 aliphatic heterocycles. The minimum absolute atomic E-state index is 0.486. The van der Waals surface area contributed by atoms with E-state index in [1.54, 1.807) is 0 Å². The molecule has 4 heteroatoms. The quantitative estimate of drug-likeness (QED) is 0.686. The lowest BCUT2D eigenvalue weighted by Crippen LogP contribution is -2.58. The third kappa shape index (κ3) is 2.86. The van der Waals surface area contributed by atoms with Gasteiger partial charge in [-0.25, -0.2) is 0 Å². The molecular weight excluding hydrogens is 218 g/mol. The van der Waals surface area contributed by atoms with Gasteiger partial charge in [-0.15, -0.1) is 0 Å². The topological polar surface area (TPSA) is 27.3 Å². The Balaban J connectivity index is 1.96. The van der Waals surface area contributed by atoms with Gasteiger partial charge in [-0.05, 0) is 42.8 Å². The minimum Gasteiger partial charge on any atom is -0.350 e. The average molecular weight is 241 g/mol. The molecule has 1 saturated heterocycles. The van der Waals surface area contributed by atoms with Gasteiger partial charge >= 0.3 is 0 Å². The molecule has 2 rings (SSSR count). The summed E-state index contributed by atoms with van der Waals surface area (Å²) >= 11 is 5.08. The van der Waals surface area contributed by atoms with E-state index >= 15 is 0 Å². The van der Waals surface area contributed by atoms with Crippen LogP contribution in [0.15, 0.2) is 0 Å². The van der Waals surface area contributed by atoms with Crippen LogP contribution >= 0.6 is 12.2 Å². The molecule has 1 heterocycles. The molecule has 2 N–H and O–H groups in total. The fraction of sp³-hybridized carbons (Fsp3) is 0.917. The second kappa shape index (κ2) is 4.49. The Labute approximate surface area is 104 Å². The van der Waals surface area contributed by atoms with Crippen LogP contribution in [0.5, 0.6) is 0 Å². The molecule has 0 aromatic heterocycles. The highest BCUT2D eigenvalue weighted by molar-refractivity contribution is 7.80. The Morgan fingerprint density at radius 1 is 1.25 bits per heavy atom. The molecule has 0 radical (unpaired) electrons. The zero-order chi connectivity index (χ0) is 11.8. The number of thiocarbonyl (C=S) groups is 1. The number of nitrogens with one attached hydrogen (secondary N) is 2. The molecule has 2 aliphatic rings. The van der Waals surface area contributed by atoms with Crippen molar-refractivity contribution >= 4 is 17.3 Å². The van der Waals surface area contributed by atoms with Gasteiger partial charge in [0.1, 0.15) is 0 Å². The molecule has 0 aromatic rings. The minimum atomic E-state index is 0.486. The predicted octanol–water partition coefficient (Wildman–Crippen LogP) is 1.90. The summed E-state index contributed by atoms with van der Waals surface area (Å²) in [7, 11) is 0. The van der Waals surface area contributed by atoms with E-state index in [4.69, 9.17) is 12.2 Å². The average Bonchev–Trinajstić information content (AvgIpc) is 2.15. The molecule has 2 fully saturated rings. The van der Waals surface area contributed by atoms with Crippen LogP contribution in [-0.2, 0) is 0 Å². The highest BCUT2D eigenvalue weighted by atomic mass is 32.1. The molecule has 0 aromatic carbocycles. The summed E-state index contributed by atoms with van der Waals surface area (Å²) in [6.45, 7) is 8.97. The first-order chi connectivity index (χ1) is 7.46. The molecule has 0 bridgehead atoms. The van der Waals surface area contributed by atoms with E-state index in [1.165, 1.54) is 19.3 Å². The summed E-state index contributed by atoms with van der Waals surface area (Å²) in [4.78, 5) is 2.48. The summed E-state index contributed by atoms with van der Waals surface area (Å²) in [6.07, 6.45) is 3.98. The molecule has 0 amide bonds. The van der Waals surface area contributed by atoms with Crippen LogP contribution in [0, 0.1) is 11.3 Å². The lowest BCUT2D eigenvalue weighted by atomic mass is 9.70. The molecule has 16 heavy (non-hydrogen) atoms. The van der Waals surface area contributed by atoms with E-state index in [0.717, 1.165) is 24.4 Å².